The summed E-state index contributed by atoms with van der Waals surface area (Å²) in [4.78, 5) is 47.5. The molecule has 5 rings (SSSR count). The van der Waals surface area contributed by atoms with Crippen molar-refractivity contribution in [2.24, 2.45) is 47.3 Å². The Labute approximate surface area is 113 Å². The van der Waals surface area contributed by atoms with E-state index in [1.165, 1.54) is 0 Å². The van der Waals surface area contributed by atoms with E-state index >= 15 is 0 Å². The van der Waals surface area contributed by atoms with Gasteiger partial charge < -0.3 is 9.47 Å². The molecule has 2 aliphatic heterocycles. The van der Waals surface area contributed by atoms with Crippen LogP contribution in [0, 0.1) is 47.3 Å². The van der Waals surface area contributed by atoms with Crippen LogP contribution < -0.4 is 0 Å². The quantitative estimate of drug-likeness (QED) is 0.349. The van der Waals surface area contributed by atoms with Crippen LogP contribution in [-0.4, -0.2) is 23.9 Å². The second-order valence-corrected chi connectivity index (χ2v) is 6.70. The fraction of sp³-hybridized carbons (Fsp3) is 0.714. The first-order valence-corrected chi connectivity index (χ1v) is 7.09. The monoisotopic (exact) mass is 276 g/mol. The molecule has 3 aliphatic carbocycles. The largest absolute Gasteiger partial charge is 0.393 e. The van der Waals surface area contributed by atoms with Crippen LogP contribution in [0.25, 0.3) is 0 Å². The molecule has 0 aromatic carbocycles. The van der Waals surface area contributed by atoms with E-state index in [-0.39, 0.29) is 35.5 Å². The lowest BCUT2D eigenvalue weighted by molar-refractivity contribution is -0.170. The van der Waals surface area contributed by atoms with E-state index in [2.05, 4.69) is 0 Å². The SMILES string of the molecule is O=C1OC(=O)C2CC1C1C3CC(C4C(=O)OC(=O)C34)C21. The van der Waals surface area contributed by atoms with E-state index in [0.717, 1.165) is 6.42 Å². The van der Waals surface area contributed by atoms with Gasteiger partial charge in [0, 0.05) is 0 Å². The van der Waals surface area contributed by atoms with Crippen molar-refractivity contribution in [1.29, 1.82) is 0 Å². The molecule has 5 fully saturated rings. The number of carbonyl (C=O) groups is 4. The Hall–Kier alpha value is -1.72. The van der Waals surface area contributed by atoms with Gasteiger partial charge in [-0.2, -0.15) is 0 Å². The van der Waals surface area contributed by atoms with E-state index < -0.39 is 35.7 Å². The van der Waals surface area contributed by atoms with Crippen molar-refractivity contribution in [1.82, 2.24) is 0 Å². The Morgan fingerprint density at radius 2 is 1.10 bits per heavy atom. The molecule has 0 aromatic heterocycles. The third-order valence-electron chi connectivity index (χ3n) is 6.28. The zero-order chi connectivity index (χ0) is 13.8. The molecule has 20 heavy (non-hydrogen) atoms. The van der Waals surface area contributed by atoms with Gasteiger partial charge in [-0.05, 0) is 36.5 Å². The van der Waals surface area contributed by atoms with Crippen LogP contribution in [0.3, 0.4) is 0 Å². The summed E-state index contributed by atoms with van der Waals surface area (Å²) in [6.45, 7) is 0. The van der Waals surface area contributed by atoms with Gasteiger partial charge in [0.1, 0.15) is 0 Å². The Morgan fingerprint density at radius 1 is 0.650 bits per heavy atom. The minimum absolute atomic E-state index is 0.00222. The maximum absolute atomic E-state index is 11.9. The highest BCUT2D eigenvalue weighted by Gasteiger charge is 2.73. The summed E-state index contributed by atoms with van der Waals surface area (Å²) < 4.78 is 9.60. The molecule has 6 heteroatoms. The van der Waals surface area contributed by atoms with Crippen molar-refractivity contribution in [2.75, 3.05) is 0 Å². The van der Waals surface area contributed by atoms with Crippen LogP contribution in [0.15, 0.2) is 0 Å². The second-order valence-electron chi connectivity index (χ2n) is 6.70. The van der Waals surface area contributed by atoms with E-state index in [1.54, 1.807) is 0 Å². The van der Waals surface area contributed by atoms with E-state index in [9.17, 15) is 19.2 Å². The molecular formula is C14H12O6. The van der Waals surface area contributed by atoms with Crippen molar-refractivity contribution >= 4 is 23.9 Å². The van der Waals surface area contributed by atoms with Crippen molar-refractivity contribution in [3.63, 3.8) is 0 Å². The number of hydrogen-bond acceptors (Lipinski definition) is 6. The van der Waals surface area contributed by atoms with Gasteiger partial charge in [0.2, 0.25) is 0 Å². The van der Waals surface area contributed by atoms with Crippen LogP contribution in [0.4, 0.5) is 0 Å². The standard InChI is InChI=1S/C14H12O6/c15-11-5-2-6(12(16)19-11)8-4-1-3(7(5)8)9-10(4)14(18)20-13(9)17/h3-10H,1-2H2. The lowest BCUT2D eigenvalue weighted by atomic mass is 9.67. The van der Waals surface area contributed by atoms with E-state index in [4.69, 9.17) is 9.47 Å². The van der Waals surface area contributed by atoms with Crippen LogP contribution >= 0.6 is 0 Å². The summed E-state index contributed by atoms with van der Waals surface area (Å²) in [5, 5.41) is 0. The van der Waals surface area contributed by atoms with Gasteiger partial charge in [0.25, 0.3) is 0 Å². The smallest absolute Gasteiger partial charge is 0.317 e. The first kappa shape index (κ1) is 11.0. The Morgan fingerprint density at radius 3 is 1.60 bits per heavy atom. The summed E-state index contributed by atoms with van der Waals surface area (Å²) in [5.41, 5.74) is 0. The van der Waals surface area contributed by atoms with Crippen LogP contribution in [0.5, 0.6) is 0 Å². The molecule has 2 saturated heterocycles. The van der Waals surface area contributed by atoms with Crippen LogP contribution in [0.2, 0.25) is 0 Å². The molecular weight excluding hydrogens is 264 g/mol. The highest BCUT2D eigenvalue weighted by molar-refractivity contribution is 5.98. The molecule has 104 valence electrons. The Bertz CT molecular complexity index is 546. The number of fused-ring (bicyclic) bond motifs is 12. The molecule has 5 aliphatic rings. The van der Waals surface area contributed by atoms with Gasteiger partial charge in [-0.1, -0.05) is 0 Å². The second kappa shape index (κ2) is 3.13. The van der Waals surface area contributed by atoms with Gasteiger partial charge in [-0.25, -0.2) is 0 Å². The summed E-state index contributed by atoms with van der Waals surface area (Å²) >= 11 is 0. The fourth-order valence-electron chi connectivity index (χ4n) is 5.86. The number of ether oxygens (including phenoxy) is 2. The van der Waals surface area contributed by atoms with Crippen LogP contribution in [-0.2, 0) is 28.7 Å². The lowest BCUT2D eigenvalue weighted by Crippen LogP contribution is -2.38. The molecule has 0 N–H and O–H groups in total. The summed E-state index contributed by atoms with van der Waals surface area (Å²) in [7, 11) is 0. The van der Waals surface area contributed by atoms with Gasteiger partial charge in [-0.3, -0.25) is 19.2 Å². The molecule has 0 amide bonds. The normalized spacial score (nSPS) is 54.8. The number of cyclic esters (lactones) is 4. The van der Waals surface area contributed by atoms with Crippen molar-refractivity contribution in [3.8, 4) is 0 Å². The van der Waals surface area contributed by atoms with Crippen molar-refractivity contribution in [2.45, 2.75) is 12.8 Å². The molecule has 2 heterocycles. The average molecular weight is 276 g/mol. The zero-order valence-corrected chi connectivity index (χ0v) is 10.5. The fourth-order valence-corrected chi connectivity index (χ4v) is 5.86. The third kappa shape index (κ3) is 0.980. The minimum Gasteiger partial charge on any atom is -0.393 e. The van der Waals surface area contributed by atoms with E-state index in [1.807, 2.05) is 0 Å². The van der Waals surface area contributed by atoms with E-state index in [0.29, 0.717) is 6.42 Å². The van der Waals surface area contributed by atoms with Gasteiger partial charge >= 0.3 is 23.9 Å². The minimum atomic E-state index is -0.444. The third-order valence-corrected chi connectivity index (χ3v) is 6.28. The molecule has 4 bridgehead atoms. The highest BCUT2D eigenvalue weighted by Crippen LogP contribution is 2.69. The summed E-state index contributed by atoms with van der Waals surface area (Å²) in [5.74, 6) is -3.06. The van der Waals surface area contributed by atoms with Crippen LogP contribution in [0.1, 0.15) is 12.8 Å². The summed E-state index contributed by atoms with van der Waals surface area (Å²) in [6, 6.07) is 0. The number of carbonyl (C=O) groups excluding carboxylic acids is 4. The number of hydrogen-bond donors (Lipinski definition) is 0. The predicted molar refractivity (Wildman–Crippen MR) is 59.4 cm³/mol. The van der Waals surface area contributed by atoms with Crippen molar-refractivity contribution < 1.29 is 28.7 Å². The molecule has 0 spiro atoms. The summed E-state index contributed by atoms with van der Waals surface area (Å²) in [6.07, 6.45) is 1.29. The Kier molecular flexibility index (Phi) is 1.72. The first-order valence-electron chi connectivity index (χ1n) is 7.09. The topological polar surface area (TPSA) is 86.7 Å². The molecule has 8 atom stereocenters. The molecule has 0 radical (unpaired) electrons. The van der Waals surface area contributed by atoms with Gasteiger partial charge in [0.05, 0.1) is 23.7 Å². The number of esters is 4. The molecule has 6 nitrogen and oxygen atoms in total. The van der Waals surface area contributed by atoms with Gasteiger partial charge in [-0.15, -0.1) is 0 Å². The molecule has 0 aromatic rings. The van der Waals surface area contributed by atoms with Gasteiger partial charge in [0.15, 0.2) is 0 Å². The lowest BCUT2D eigenvalue weighted by Gasteiger charge is -2.32. The van der Waals surface area contributed by atoms with Crippen molar-refractivity contribution in [3.05, 3.63) is 0 Å². The number of rotatable bonds is 0. The predicted octanol–water partition coefficient (Wildman–Crippen LogP) is -0.0962. The first-order chi connectivity index (χ1) is 9.58. The zero-order valence-electron chi connectivity index (χ0n) is 10.5. The molecule has 8 unspecified atom stereocenters. The molecule has 3 saturated carbocycles. The Balaban J connectivity index is 1.62. The average Bonchev–Trinajstić information content (AvgIpc) is 3.07. The highest BCUT2D eigenvalue weighted by atomic mass is 16.6. The maximum atomic E-state index is 11.9. The maximum Gasteiger partial charge on any atom is 0.317 e.